The number of esters is 1. The van der Waals surface area contributed by atoms with Crippen molar-refractivity contribution >= 4 is 29.1 Å². The SMILES string of the molecule is COCc1ccc(C(=O)OCC(=O)NNC(=O)c2cccs2)cc1. The highest BCUT2D eigenvalue weighted by atomic mass is 32.1. The minimum absolute atomic E-state index is 0.324. The molecule has 2 rings (SSSR count). The predicted octanol–water partition coefficient (Wildman–Crippen LogP) is 1.51. The van der Waals surface area contributed by atoms with Crippen LogP contribution >= 0.6 is 11.3 Å². The van der Waals surface area contributed by atoms with Crippen LogP contribution in [-0.4, -0.2) is 31.5 Å². The summed E-state index contributed by atoms with van der Waals surface area (Å²) >= 11 is 1.25. The zero-order valence-corrected chi connectivity index (χ0v) is 13.7. The third-order valence-corrected chi connectivity index (χ3v) is 3.76. The maximum absolute atomic E-state index is 11.8. The molecule has 24 heavy (non-hydrogen) atoms. The summed E-state index contributed by atoms with van der Waals surface area (Å²) in [5.74, 6) is -1.69. The first-order valence-electron chi connectivity index (χ1n) is 6.98. The molecular formula is C16H16N2O5S. The van der Waals surface area contributed by atoms with Gasteiger partial charge in [0.2, 0.25) is 0 Å². The fourth-order valence-corrected chi connectivity index (χ4v) is 2.37. The number of methoxy groups -OCH3 is 1. The number of benzene rings is 1. The lowest BCUT2D eigenvalue weighted by atomic mass is 10.1. The summed E-state index contributed by atoms with van der Waals surface area (Å²) < 4.78 is 9.86. The number of ether oxygens (including phenoxy) is 2. The number of carbonyl (C=O) groups is 3. The highest BCUT2D eigenvalue weighted by Crippen LogP contribution is 2.08. The zero-order chi connectivity index (χ0) is 17.4. The minimum atomic E-state index is -0.635. The molecule has 1 aromatic heterocycles. The third-order valence-electron chi connectivity index (χ3n) is 2.90. The van der Waals surface area contributed by atoms with Crippen molar-refractivity contribution in [1.82, 2.24) is 10.9 Å². The molecule has 0 aliphatic carbocycles. The van der Waals surface area contributed by atoms with E-state index in [9.17, 15) is 14.4 Å². The van der Waals surface area contributed by atoms with Crippen LogP contribution in [0.1, 0.15) is 25.6 Å². The topological polar surface area (TPSA) is 93.7 Å². The van der Waals surface area contributed by atoms with E-state index in [2.05, 4.69) is 10.9 Å². The van der Waals surface area contributed by atoms with Crippen LogP contribution < -0.4 is 10.9 Å². The normalized spacial score (nSPS) is 10.0. The molecular weight excluding hydrogens is 332 g/mol. The Labute approximate surface area is 142 Å². The Hall–Kier alpha value is -2.71. The lowest BCUT2D eigenvalue weighted by molar-refractivity contribution is -0.125. The number of hydrogen-bond donors (Lipinski definition) is 2. The highest BCUT2D eigenvalue weighted by Gasteiger charge is 2.12. The van der Waals surface area contributed by atoms with Gasteiger partial charge in [-0.1, -0.05) is 18.2 Å². The van der Waals surface area contributed by atoms with Crippen LogP contribution in [0.3, 0.4) is 0 Å². The van der Waals surface area contributed by atoms with Gasteiger partial charge >= 0.3 is 5.97 Å². The van der Waals surface area contributed by atoms with Gasteiger partial charge < -0.3 is 9.47 Å². The fraction of sp³-hybridized carbons (Fsp3) is 0.188. The Morgan fingerprint density at radius 1 is 1.08 bits per heavy atom. The van der Waals surface area contributed by atoms with Gasteiger partial charge in [-0.3, -0.25) is 20.4 Å². The molecule has 0 saturated heterocycles. The number of nitrogens with one attached hydrogen (secondary N) is 2. The molecule has 2 N–H and O–H groups in total. The lowest BCUT2D eigenvalue weighted by Crippen LogP contribution is -2.43. The Morgan fingerprint density at radius 3 is 2.46 bits per heavy atom. The van der Waals surface area contributed by atoms with E-state index in [1.54, 1.807) is 48.9 Å². The van der Waals surface area contributed by atoms with Crippen molar-refractivity contribution in [3.63, 3.8) is 0 Å². The largest absolute Gasteiger partial charge is 0.452 e. The van der Waals surface area contributed by atoms with Crippen LogP contribution in [0.25, 0.3) is 0 Å². The summed E-state index contributed by atoms with van der Waals surface area (Å²) in [5.41, 5.74) is 5.66. The number of hydrogen-bond acceptors (Lipinski definition) is 6. The summed E-state index contributed by atoms with van der Waals surface area (Å²) in [7, 11) is 1.58. The molecule has 7 nitrogen and oxygen atoms in total. The highest BCUT2D eigenvalue weighted by molar-refractivity contribution is 7.12. The van der Waals surface area contributed by atoms with E-state index in [1.165, 1.54) is 11.3 Å². The molecule has 126 valence electrons. The van der Waals surface area contributed by atoms with E-state index in [0.29, 0.717) is 17.0 Å². The molecule has 1 heterocycles. The van der Waals surface area contributed by atoms with E-state index in [4.69, 9.17) is 9.47 Å². The van der Waals surface area contributed by atoms with Gasteiger partial charge in [0.1, 0.15) is 0 Å². The smallest absolute Gasteiger partial charge is 0.338 e. The molecule has 1 aromatic carbocycles. The Bertz CT molecular complexity index is 698. The molecule has 8 heteroatoms. The standard InChI is InChI=1S/C16H16N2O5S/c1-22-9-11-4-6-12(7-5-11)16(21)23-10-14(19)17-18-15(20)13-3-2-8-24-13/h2-8H,9-10H2,1H3,(H,17,19)(H,18,20). The Morgan fingerprint density at radius 2 is 1.83 bits per heavy atom. The maximum atomic E-state index is 11.8. The predicted molar refractivity (Wildman–Crippen MR) is 87.4 cm³/mol. The number of hydrazine groups is 1. The van der Waals surface area contributed by atoms with E-state index < -0.39 is 24.4 Å². The third kappa shape index (κ3) is 5.18. The van der Waals surface area contributed by atoms with E-state index >= 15 is 0 Å². The first-order valence-corrected chi connectivity index (χ1v) is 7.86. The van der Waals surface area contributed by atoms with Gasteiger partial charge in [-0.15, -0.1) is 11.3 Å². The lowest BCUT2D eigenvalue weighted by Gasteiger charge is -2.07. The monoisotopic (exact) mass is 348 g/mol. The molecule has 0 fully saturated rings. The summed E-state index contributed by atoms with van der Waals surface area (Å²) in [6.07, 6.45) is 0. The number of thiophene rings is 1. The van der Waals surface area contributed by atoms with Crippen molar-refractivity contribution in [1.29, 1.82) is 0 Å². The molecule has 0 atom stereocenters. The molecule has 2 amide bonds. The average Bonchev–Trinajstić information content (AvgIpc) is 3.13. The van der Waals surface area contributed by atoms with Crippen LogP contribution in [0.5, 0.6) is 0 Å². The van der Waals surface area contributed by atoms with Gasteiger partial charge in [-0.25, -0.2) is 4.79 Å². The second kappa shape index (κ2) is 8.80. The van der Waals surface area contributed by atoms with Gasteiger partial charge in [0.25, 0.3) is 11.8 Å². The van der Waals surface area contributed by atoms with E-state index in [1.807, 2.05) is 0 Å². The first kappa shape index (κ1) is 17.6. The van der Waals surface area contributed by atoms with E-state index in [-0.39, 0.29) is 0 Å². The Balaban J connectivity index is 1.74. The van der Waals surface area contributed by atoms with Crippen LogP contribution in [0.15, 0.2) is 41.8 Å². The van der Waals surface area contributed by atoms with Crippen molar-refractivity contribution in [2.45, 2.75) is 6.61 Å². The zero-order valence-electron chi connectivity index (χ0n) is 12.9. The van der Waals surface area contributed by atoms with Gasteiger partial charge in [-0.05, 0) is 29.1 Å². The second-order valence-electron chi connectivity index (χ2n) is 4.69. The summed E-state index contributed by atoms with van der Waals surface area (Å²) in [5, 5.41) is 1.75. The van der Waals surface area contributed by atoms with Crippen LogP contribution in [0.4, 0.5) is 0 Å². The molecule has 0 saturated carbocycles. The Kier molecular flexibility index (Phi) is 6.47. The second-order valence-corrected chi connectivity index (χ2v) is 5.63. The fourth-order valence-electron chi connectivity index (χ4n) is 1.75. The van der Waals surface area contributed by atoms with Gasteiger partial charge in [-0.2, -0.15) is 0 Å². The quantitative estimate of drug-likeness (QED) is 0.610. The van der Waals surface area contributed by atoms with Crippen molar-refractivity contribution in [3.05, 3.63) is 57.8 Å². The minimum Gasteiger partial charge on any atom is -0.452 e. The molecule has 0 aliphatic rings. The maximum Gasteiger partial charge on any atom is 0.338 e. The molecule has 2 aromatic rings. The van der Waals surface area contributed by atoms with Crippen molar-refractivity contribution < 1.29 is 23.9 Å². The van der Waals surface area contributed by atoms with Gasteiger partial charge in [0, 0.05) is 7.11 Å². The number of amides is 2. The van der Waals surface area contributed by atoms with Gasteiger partial charge in [0.15, 0.2) is 6.61 Å². The molecule has 0 aliphatic heterocycles. The molecule has 0 radical (unpaired) electrons. The van der Waals surface area contributed by atoms with Crippen LogP contribution in [0.2, 0.25) is 0 Å². The molecule has 0 spiro atoms. The molecule has 0 bridgehead atoms. The molecule has 0 unspecified atom stereocenters. The first-order chi connectivity index (χ1) is 11.6. The summed E-state index contributed by atoms with van der Waals surface area (Å²) in [6, 6.07) is 10.0. The summed E-state index contributed by atoms with van der Waals surface area (Å²) in [4.78, 5) is 35.5. The van der Waals surface area contributed by atoms with Gasteiger partial charge in [0.05, 0.1) is 17.0 Å². The van der Waals surface area contributed by atoms with Crippen molar-refractivity contribution in [2.75, 3.05) is 13.7 Å². The van der Waals surface area contributed by atoms with Crippen LogP contribution in [-0.2, 0) is 20.9 Å². The summed E-state index contributed by atoms with van der Waals surface area (Å²) in [6.45, 7) is -0.0505. The number of carbonyl (C=O) groups excluding carboxylic acids is 3. The number of rotatable bonds is 6. The average molecular weight is 348 g/mol. The van der Waals surface area contributed by atoms with Crippen molar-refractivity contribution in [2.24, 2.45) is 0 Å². The van der Waals surface area contributed by atoms with E-state index in [0.717, 1.165) is 5.56 Å². The van der Waals surface area contributed by atoms with Crippen LogP contribution in [0, 0.1) is 0 Å². The van der Waals surface area contributed by atoms with Crippen molar-refractivity contribution in [3.8, 4) is 0 Å².